The number of rotatable bonds is 5. The summed E-state index contributed by atoms with van der Waals surface area (Å²) < 4.78 is 16.6. The number of oxazole rings is 1. The SMILES string of the molecule is CCCNc1nc2cc(-c3ccc(C4OCCO4)cn3)cc(N)c2o1. The zero-order chi connectivity index (χ0) is 17.2. The second-order valence-electron chi connectivity index (χ2n) is 5.91. The molecule has 1 fully saturated rings. The van der Waals surface area contributed by atoms with Crippen LogP contribution in [0.5, 0.6) is 0 Å². The van der Waals surface area contributed by atoms with E-state index in [1.54, 1.807) is 6.20 Å². The topological polar surface area (TPSA) is 95.4 Å². The highest BCUT2D eigenvalue weighted by molar-refractivity contribution is 5.90. The lowest BCUT2D eigenvalue weighted by molar-refractivity contribution is -0.0443. The summed E-state index contributed by atoms with van der Waals surface area (Å²) in [6.07, 6.45) is 2.43. The Morgan fingerprint density at radius 1 is 1.24 bits per heavy atom. The summed E-state index contributed by atoms with van der Waals surface area (Å²) in [5.41, 5.74) is 10.6. The number of anilines is 2. The molecule has 0 unspecified atom stereocenters. The quantitative estimate of drug-likeness (QED) is 0.688. The molecule has 0 radical (unpaired) electrons. The average molecular weight is 340 g/mol. The van der Waals surface area contributed by atoms with Gasteiger partial charge in [-0.3, -0.25) is 4.98 Å². The number of nitrogens with two attached hydrogens (primary N) is 1. The van der Waals surface area contributed by atoms with Gasteiger partial charge in [0.2, 0.25) is 0 Å². The summed E-state index contributed by atoms with van der Waals surface area (Å²) in [4.78, 5) is 8.96. The third-order valence-corrected chi connectivity index (χ3v) is 4.02. The number of nitrogen functional groups attached to an aromatic ring is 1. The van der Waals surface area contributed by atoms with Crippen LogP contribution in [0.2, 0.25) is 0 Å². The largest absolute Gasteiger partial charge is 0.421 e. The normalized spacial score (nSPS) is 15.1. The van der Waals surface area contributed by atoms with Crippen molar-refractivity contribution in [2.75, 3.05) is 30.8 Å². The van der Waals surface area contributed by atoms with Crippen molar-refractivity contribution in [3.8, 4) is 11.3 Å². The van der Waals surface area contributed by atoms with Gasteiger partial charge in [0.05, 0.1) is 24.6 Å². The van der Waals surface area contributed by atoms with Crippen molar-refractivity contribution in [3.05, 3.63) is 36.0 Å². The molecule has 130 valence electrons. The van der Waals surface area contributed by atoms with Crippen molar-refractivity contribution >= 4 is 22.8 Å². The number of ether oxygens (including phenoxy) is 2. The summed E-state index contributed by atoms with van der Waals surface area (Å²) in [7, 11) is 0. The Bertz CT molecular complexity index is 870. The molecular formula is C18H20N4O3. The third-order valence-electron chi connectivity index (χ3n) is 4.02. The van der Waals surface area contributed by atoms with Crippen molar-refractivity contribution in [1.82, 2.24) is 9.97 Å². The fourth-order valence-corrected chi connectivity index (χ4v) is 2.78. The van der Waals surface area contributed by atoms with Crippen LogP contribution in [0.1, 0.15) is 25.2 Å². The first-order chi connectivity index (χ1) is 12.2. The van der Waals surface area contributed by atoms with Crippen LogP contribution in [-0.4, -0.2) is 29.7 Å². The number of hydrogen-bond acceptors (Lipinski definition) is 7. The second kappa shape index (κ2) is 6.70. The van der Waals surface area contributed by atoms with Gasteiger partial charge in [-0.05, 0) is 24.6 Å². The first kappa shape index (κ1) is 15.9. The molecule has 1 aromatic carbocycles. The maximum absolute atomic E-state index is 6.14. The smallest absolute Gasteiger partial charge is 0.295 e. The van der Waals surface area contributed by atoms with Gasteiger partial charge in [0.1, 0.15) is 5.52 Å². The van der Waals surface area contributed by atoms with Gasteiger partial charge in [-0.2, -0.15) is 4.98 Å². The van der Waals surface area contributed by atoms with Gasteiger partial charge in [0.25, 0.3) is 6.01 Å². The van der Waals surface area contributed by atoms with Crippen molar-refractivity contribution in [1.29, 1.82) is 0 Å². The number of fused-ring (bicyclic) bond motifs is 1. The van der Waals surface area contributed by atoms with Gasteiger partial charge in [-0.1, -0.05) is 13.0 Å². The molecular weight excluding hydrogens is 320 g/mol. The Hall–Kier alpha value is -2.64. The van der Waals surface area contributed by atoms with Crippen molar-refractivity contribution in [2.24, 2.45) is 0 Å². The highest BCUT2D eigenvalue weighted by atomic mass is 16.7. The number of aromatic nitrogens is 2. The Morgan fingerprint density at radius 3 is 2.80 bits per heavy atom. The minimum Gasteiger partial charge on any atom is -0.421 e. The van der Waals surface area contributed by atoms with E-state index in [0.717, 1.165) is 29.8 Å². The van der Waals surface area contributed by atoms with Crippen molar-refractivity contribution in [3.63, 3.8) is 0 Å². The lowest BCUT2D eigenvalue weighted by Gasteiger charge is -2.09. The summed E-state index contributed by atoms with van der Waals surface area (Å²) in [5, 5.41) is 3.13. The van der Waals surface area contributed by atoms with Gasteiger partial charge < -0.3 is 24.9 Å². The molecule has 0 saturated carbocycles. The molecule has 1 aliphatic heterocycles. The standard InChI is InChI=1S/C18H20N4O3/c1-2-5-20-18-22-15-9-12(8-13(19)16(15)25-18)14-4-3-11(10-21-14)17-23-6-7-24-17/h3-4,8-10,17H,2,5-7,19H2,1H3,(H,20,22). The number of benzene rings is 1. The van der Waals surface area contributed by atoms with E-state index in [9.17, 15) is 0 Å². The van der Waals surface area contributed by atoms with E-state index in [1.807, 2.05) is 24.3 Å². The Kier molecular flexibility index (Phi) is 4.25. The van der Waals surface area contributed by atoms with Crippen LogP contribution >= 0.6 is 0 Å². The minimum absolute atomic E-state index is 0.322. The van der Waals surface area contributed by atoms with Gasteiger partial charge in [-0.15, -0.1) is 0 Å². The van der Waals surface area contributed by atoms with E-state index in [2.05, 4.69) is 22.2 Å². The lowest BCUT2D eigenvalue weighted by Crippen LogP contribution is -1.99. The Balaban J connectivity index is 1.64. The maximum atomic E-state index is 6.14. The van der Waals surface area contributed by atoms with E-state index in [4.69, 9.17) is 19.6 Å². The van der Waals surface area contributed by atoms with Gasteiger partial charge in [0.15, 0.2) is 11.9 Å². The number of nitrogens with zero attached hydrogens (tertiary/aromatic N) is 2. The van der Waals surface area contributed by atoms with Gasteiger partial charge >= 0.3 is 0 Å². The van der Waals surface area contributed by atoms with Crippen LogP contribution in [0.15, 0.2) is 34.9 Å². The summed E-state index contributed by atoms with van der Waals surface area (Å²) in [5.74, 6) is 0. The molecule has 0 aliphatic carbocycles. The lowest BCUT2D eigenvalue weighted by atomic mass is 10.1. The summed E-state index contributed by atoms with van der Waals surface area (Å²) >= 11 is 0. The van der Waals surface area contributed by atoms with E-state index in [0.29, 0.717) is 36.0 Å². The molecule has 0 atom stereocenters. The molecule has 4 rings (SSSR count). The van der Waals surface area contributed by atoms with Gasteiger partial charge in [-0.25, -0.2) is 0 Å². The van der Waals surface area contributed by atoms with E-state index >= 15 is 0 Å². The summed E-state index contributed by atoms with van der Waals surface area (Å²) in [6, 6.07) is 8.14. The molecule has 1 aliphatic rings. The van der Waals surface area contributed by atoms with Crippen LogP contribution in [0, 0.1) is 0 Å². The first-order valence-corrected chi connectivity index (χ1v) is 8.38. The van der Waals surface area contributed by atoms with Crippen molar-refractivity contribution in [2.45, 2.75) is 19.6 Å². The number of hydrogen-bond donors (Lipinski definition) is 2. The van der Waals surface area contributed by atoms with Gasteiger partial charge in [0, 0.05) is 23.9 Å². The highest BCUT2D eigenvalue weighted by Crippen LogP contribution is 2.31. The first-order valence-electron chi connectivity index (χ1n) is 8.38. The molecule has 7 heteroatoms. The van der Waals surface area contributed by atoms with Crippen LogP contribution < -0.4 is 11.1 Å². The number of nitrogens with one attached hydrogen (secondary N) is 1. The van der Waals surface area contributed by atoms with Crippen molar-refractivity contribution < 1.29 is 13.9 Å². The highest BCUT2D eigenvalue weighted by Gasteiger charge is 2.19. The zero-order valence-electron chi connectivity index (χ0n) is 14.0. The molecule has 1 saturated heterocycles. The molecule has 0 bridgehead atoms. The van der Waals surface area contributed by atoms with Crippen LogP contribution in [0.25, 0.3) is 22.4 Å². The predicted octanol–water partition coefficient (Wildman–Crippen LogP) is 3.34. The molecule has 3 aromatic rings. The van der Waals surface area contributed by atoms with Crippen LogP contribution in [-0.2, 0) is 9.47 Å². The average Bonchev–Trinajstić information content (AvgIpc) is 3.30. The predicted molar refractivity (Wildman–Crippen MR) is 95.1 cm³/mol. The van der Waals surface area contributed by atoms with E-state index < -0.39 is 0 Å². The van der Waals surface area contributed by atoms with Crippen LogP contribution in [0.4, 0.5) is 11.7 Å². The molecule has 2 aromatic heterocycles. The number of pyridine rings is 1. The zero-order valence-corrected chi connectivity index (χ0v) is 14.0. The Labute approximate surface area is 145 Å². The second-order valence-corrected chi connectivity index (χ2v) is 5.91. The van der Waals surface area contributed by atoms with E-state index in [1.165, 1.54) is 0 Å². The molecule has 3 heterocycles. The fraction of sp³-hybridized carbons (Fsp3) is 0.333. The third kappa shape index (κ3) is 3.16. The molecule has 0 amide bonds. The molecule has 25 heavy (non-hydrogen) atoms. The van der Waals surface area contributed by atoms with Crippen LogP contribution in [0.3, 0.4) is 0 Å². The Morgan fingerprint density at radius 2 is 2.08 bits per heavy atom. The molecule has 0 spiro atoms. The van der Waals surface area contributed by atoms with E-state index in [-0.39, 0.29) is 6.29 Å². The maximum Gasteiger partial charge on any atom is 0.295 e. The molecule has 3 N–H and O–H groups in total. The fourth-order valence-electron chi connectivity index (χ4n) is 2.78. The molecule has 7 nitrogen and oxygen atoms in total. The summed E-state index contributed by atoms with van der Waals surface area (Å²) in [6.45, 7) is 4.10. The monoisotopic (exact) mass is 340 g/mol. The minimum atomic E-state index is -0.322.